The molecular weight excluding hydrogens is 961 g/mol. The molecule has 66 heavy (non-hydrogen) atoms. The van der Waals surface area contributed by atoms with Crippen molar-refractivity contribution >= 4 is 109 Å². The number of rotatable bonds is 26. The van der Waals surface area contributed by atoms with Gasteiger partial charge in [-0.05, 0) is 53.6 Å². The number of anilines is 9. The second-order valence-electron chi connectivity index (χ2n) is 12.7. The molecule has 356 valence electrons. The predicted octanol–water partition coefficient (Wildman–Crippen LogP) is 1.97. The highest BCUT2D eigenvalue weighted by atomic mass is 32.2. The molecule has 0 aliphatic heterocycles. The van der Waals surface area contributed by atoms with Gasteiger partial charge in [0.05, 0.1) is 56.2 Å². The van der Waals surface area contributed by atoms with Crippen LogP contribution < -0.4 is 31.5 Å². The van der Waals surface area contributed by atoms with E-state index in [2.05, 4.69) is 64.6 Å². The van der Waals surface area contributed by atoms with Gasteiger partial charge in [0.15, 0.2) is 0 Å². The van der Waals surface area contributed by atoms with Crippen molar-refractivity contribution in [3.05, 3.63) is 65.7 Å². The number of nitrogen functional groups attached to an aromatic ring is 1. The molecule has 2 aromatic heterocycles. The van der Waals surface area contributed by atoms with Crippen LogP contribution in [-0.2, 0) is 39.0 Å². The molecule has 0 saturated carbocycles. The van der Waals surface area contributed by atoms with E-state index in [1.165, 1.54) is 52.3 Å². The van der Waals surface area contributed by atoms with Crippen LogP contribution >= 0.6 is 24.1 Å². The normalized spacial score (nSPS) is 11.8. The molecule has 28 nitrogen and oxygen atoms in total. The van der Waals surface area contributed by atoms with Crippen LogP contribution in [0.25, 0.3) is 12.2 Å². The maximum Gasteiger partial charge on any atom is 0.296 e. The number of nitrogens with two attached hydrogens (primary N) is 1. The topological polar surface area (TPSA) is 413 Å². The molecule has 3 aromatic carbocycles. The first-order valence-corrected chi connectivity index (χ1v) is 22.8. The standard InChI is InChI=1S/C34H40N12O16S4/c35-29-39-30(42-33(40-29)45(9-13-47)10-14-48)36-22-5-3-20(26(17-22)64-62-60-52)1-2-21-4-6-23(18-28(21)66(56,57)58)37-31-41-32(44-34(43-31)46(11-15-49)12-16-50)38-25-19-24(63-61-59-51)7-8-27(25)65(53,54)55/h1-8,17-19,47-52H,9-16H2,(H,53,54,55)(H,56,57,58)(H3,35,36,39,40,42)(H2,37,38,41,43,44). The summed E-state index contributed by atoms with van der Waals surface area (Å²) in [6.45, 7) is -1.34. The molecule has 13 N–H and O–H groups in total. The van der Waals surface area contributed by atoms with Gasteiger partial charge in [-0.15, -0.1) is 8.67 Å². The number of aliphatic hydroxyl groups is 4. The van der Waals surface area contributed by atoms with Crippen molar-refractivity contribution < 1.29 is 75.6 Å². The Hall–Kier alpha value is -5.66. The first kappa shape index (κ1) is 51.3. The summed E-state index contributed by atoms with van der Waals surface area (Å²) in [5.41, 5.74) is 6.31. The summed E-state index contributed by atoms with van der Waals surface area (Å²) in [5, 5.41) is 71.4. The van der Waals surface area contributed by atoms with E-state index in [0.29, 0.717) is 35.3 Å². The monoisotopic (exact) mass is 1000 g/mol. The lowest BCUT2D eigenvalue weighted by Crippen LogP contribution is -2.31. The highest BCUT2D eigenvalue weighted by Crippen LogP contribution is 2.33. The zero-order valence-electron chi connectivity index (χ0n) is 33.6. The molecule has 5 aromatic rings. The van der Waals surface area contributed by atoms with Crippen molar-refractivity contribution in [2.75, 3.05) is 84.1 Å². The Morgan fingerprint density at radius 1 is 0.591 bits per heavy atom. The average Bonchev–Trinajstić information content (AvgIpc) is 3.26. The minimum absolute atomic E-state index is 0.00458. The van der Waals surface area contributed by atoms with Gasteiger partial charge in [0, 0.05) is 47.3 Å². The highest BCUT2D eigenvalue weighted by molar-refractivity contribution is 7.94. The minimum Gasteiger partial charge on any atom is -0.395 e. The Morgan fingerprint density at radius 2 is 1.09 bits per heavy atom. The van der Waals surface area contributed by atoms with E-state index in [4.69, 9.17) is 16.2 Å². The Labute approximate surface area is 382 Å². The van der Waals surface area contributed by atoms with Gasteiger partial charge in [0.1, 0.15) is 9.79 Å². The molecule has 0 fully saturated rings. The minimum atomic E-state index is -4.95. The molecule has 0 aliphatic carbocycles. The van der Waals surface area contributed by atoms with Gasteiger partial charge < -0.3 is 51.9 Å². The van der Waals surface area contributed by atoms with Crippen LogP contribution in [0.5, 0.6) is 0 Å². The van der Waals surface area contributed by atoms with Crippen molar-refractivity contribution in [2.45, 2.75) is 19.6 Å². The summed E-state index contributed by atoms with van der Waals surface area (Å²) in [6, 6.07) is 11.8. The molecule has 0 bridgehead atoms. The van der Waals surface area contributed by atoms with Gasteiger partial charge in [0.2, 0.25) is 35.7 Å². The molecule has 0 amide bonds. The molecule has 0 spiro atoms. The molecule has 0 saturated heterocycles. The SMILES string of the molecule is Nc1nc(Nc2ccc(C=Cc3ccc(Nc4nc(Nc5cc(SOOO)ccc5S(=O)(=O)O)nc(N(CCO)CCO)n4)cc3S(=O)(=O)O)c(SOOO)c2)nc(N(CCO)CCO)n1. The Kier molecular flexibility index (Phi) is 18.8. The maximum absolute atomic E-state index is 12.8. The molecule has 32 heteroatoms. The second kappa shape index (κ2) is 24.2. The largest absolute Gasteiger partial charge is 0.395 e. The molecular formula is C34H40N12O16S4. The zero-order chi connectivity index (χ0) is 47.9. The van der Waals surface area contributed by atoms with Crippen molar-refractivity contribution in [1.29, 1.82) is 0 Å². The molecule has 5 rings (SSSR count). The first-order valence-electron chi connectivity index (χ1n) is 18.5. The number of hydrogen-bond donors (Lipinski definition) is 12. The van der Waals surface area contributed by atoms with E-state index in [-0.39, 0.29) is 102 Å². The number of nitrogens with zero attached hydrogens (tertiary/aromatic N) is 8. The lowest BCUT2D eigenvalue weighted by atomic mass is 10.1. The Balaban J connectivity index is 1.48. The van der Waals surface area contributed by atoms with Crippen LogP contribution in [0.15, 0.2) is 74.2 Å². The third-order valence-electron chi connectivity index (χ3n) is 8.36. The average molecular weight is 1000 g/mol. The van der Waals surface area contributed by atoms with Crippen LogP contribution in [0.2, 0.25) is 0 Å². The highest BCUT2D eigenvalue weighted by Gasteiger charge is 2.22. The fourth-order valence-electron chi connectivity index (χ4n) is 5.65. The Bertz CT molecular complexity index is 2680. The number of nitrogens with one attached hydrogen (secondary N) is 3. The van der Waals surface area contributed by atoms with Gasteiger partial charge in [0.25, 0.3) is 20.2 Å². The van der Waals surface area contributed by atoms with Crippen LogP contribution in [0.3, 0.4) is 0 Å². The fraction of sp³-hybridized carbons (Fsp3) is 0.235. The molecule has 0 atom stereocenters. The third kappa shape index (κ3) is 14.7. The van der Waals surface area contributed by atoms with Crippen molar-refractivity contribution in [1.82, 2.24) is 29.9 Å². The van der Waals surface area contributed by atoms with E-state index in [1.807, 2.05) is 0 Å². The Morgan fingerprint density at radius 3 is 1.65 bits per heavy atom. The van der Waals surface area contributed by atoms with Crippen LogP contribution in [-0.4, -0.2) is 139 Å². The van der Waals surface area contributed by atoms with Crippen molar-refractivity contribution in [3.8, 4) is 0 Å². The van der Waals surface area contributed by atoms with Crippen LogP contribution in [0.1, 0.15) is 11.1 Å². The van der Waals surface area contributed by atoms with Gasteiger partial charge in [-0.1, -0.05) is 34.4 Å². The molecule has 0 unspecified atom stereocenters. The molecule has 0 aliphatic rings. The maximum atomic E-state index is 12.8. The van der Waals surface area contributed by atoms with Gasteiger partial charge >= 0.3 is 0 Å². The first-order chi connectivity index (χ1) is 31.6. The smallest absolute Gasteiger partial charge is 0.296 e. The zero-order valence-corrected chi connectivity index (χ0v) is 36.9. The predicted molar refractivity (Wildman–Crippen MR) is 236 cm³/mol. The summed E-state index contributed by atoms with van der Waals surface area (Å²) in [6.07, 6.45) is 2.80. The van der Waals surface area contributed by atoms with Crippen molar-refractivity contribution in [3.63, 3.8) is 0 Å². The van der Waals surface area contributed by atoms with E-state index in [9.17, 15) is 46.4 Å². The van der Waals surface area contributed by atoms with Gasteiger partial charge in [-0.3, -0.25) is 9.11 Å². The molecule has 0 radical (unpaired) electrons. The van der Waals surface area contributed by atoms with E-state index >= 15 is 0 Å². The summed E-state index contributed by atoms with van der Waals surface area (Å²) < 4.78 is 79.4. The van der Waals surface area contributed by atoms with Crippen molar-refractivity contribution in [2.24, 2.45) is 0 Å². The van der Waals surface area contributed by atoms with E-state index < -0.39 is 43.2 Å². The summed E-state index contributed by atoms with van der Waals surface area (Å²) in [7, 11) is -9.80. The number of aliphatic hydroxyl groups excluding tert-OH is 4. The van der Waals surface area contributed by atoms with Crippen LogP contribution in [0.4, 0.5) is 52.8 Å². The number of aromatic nitrogens is 6. The quantitative estimate of drug-likeness (QED) is 0.0124. The molecule has 2 heterocycles. The summed E-state index contributed by atoms with van der Waals surface area (Å²) in [4.78, 5) is 27.3. The van der Waals surface area contributed by atoms with E-state index in [1.54, 1.807) is 12.1 Å². The number of benzene rings is 3. The van der Waals surface area contributed by atoms with Gasteiger partial charge in [-0.25, -0.2) is 10.5 Å². The van der Waals surface area contributed by atoms with E-state index in [0.717, 1.165) is 12.1 Å². The third-order valence-corrected chi connectivity index (χ3v) is 11.4. The fourth-order valence-corrected chi connectivity index (χ4v) is 7.89. The lowest BCUT2D eigenvalue weighted by Gasteiger charge is -2.22. The summed E-state index contributed by atoms with van der Waals surface area (Å²) in [5.74, 6) is -0.916. The van der Waals surface area contributed by atoms with Crippen LogP contribution in [0, 0.1) is 0 Å². The lowest BCUT2D eigenvalue weighted by molar-refractivity contribution is -0.432. The number of hydrogen-bond acceptors (Lipinski definition) is 28. The summed E-state index contributed by atoms with van der Waals surface area (Å²) >= 11 is 1.03. The van der Waals surface area contributed by atoms with Gasteiger partial charge in [-0.2, -0.15) is 46.7 Å². The second-order valence-corrected chi connectivity index (χ2v) is 17.0.